The second-order valence-corrected chi connectivity index (χ2v) is 9.58. The maximum atomic E-state index is 11.3. The molecule has 1 N–H and O–H groups in total. The summed E-state index contributed by atoms with van der Waals surface area (Å²) in [6.07, 6.45) is 4.00. The molecule has 2 aliphatic rings. The minimum absolute atomic E-state index is 0.0124. The molecule has 2 aromatic heterocycles. The molecule has 0 bridgehead atoms. The summed E-state index contributed by atoms with van der Waals surface area (Å²) in [4.78, 5) is 17.8. The molecular weight excluding hydrogens is 478 g/mol. The average molecular weight is 508 g/mol. The minimum Gasteiger partial charge on any atom is -0.494 e. The first kappa shape index (κ1) is 24.2. The third-order valence-corrected chi connectivity index (χ3v) is 7.38. The normalized spacial score (nSPS) is 21.6. The summed E-state index contributed by atoms with van der Waals surface area (Å²) in [6, 6.07) is 12.5. The van der Waals surface area contributed by atoms with Gasteiger partial charge in [0.15, 0.2) is 5.11 Å². The van der Waals surface area contributed by atoms with E-state index in [2.05, 4.69) is 32.8 Å². The van der Waals surface area contributed by atoms with E-state index in [1.807, 2.05) is 25.1 Å². The van der Waals surface area contributed by atoms with E-state index in [4.69, 9.17) is 21.7 Å². The maximum absolute atomic E-state index is 11.3. The molecule has 0 saturated carbocycles. The highest BCUT2D eigenvalue weighted by Gasteiger charge is 2.42. The lowest BCUT2D eigenvalue weighted by Crippen LogP contribution is -2.36. The lowest BCUT2D eigenvalue weighted by atomic mass is 9.96. The number of rotatable bonds is 7. The first-order valence-electron chi connectivity index (χ1n) is 12.0. The quantitative estimate of drug-likeness (QED) is 0.283. The Balaban J connectivity index is 1.61. The van der Waals surface area contributed by atoms with E-state index in [9.17, 15) is 10.1 Å². The van der Waals surface area contributed by atoms with Crippen molar-refractivity contribution in [3.05, 3.63) is 81.4 Å². The number of ether oxygens (including phenoxy) is 2. The number of hydrogen-bond acceptors (Lipinski definition) is 6. The van der Waals surface area contributed by atoms with Crippen molar-refractivity contribution < 1.29 is 14.4 Å². The van der Waals surface area contributed by atoms with Crippen molar-refractivity contribution >= 4 is 23.0 Å². The maximum Gasteiger partial charge on any atom is 0.273 e. The lowest BCUT2D eigenvalue weighted by Gasteiger charge is -2.30. The fourth-order valence-electron chi connectivity index (χ4n) is 5.37. The molecule has 5 rings (SSSR count). The number of thiocarbonyl (C=S) groups is 1. The largest absolute Gasteiger partial charge is 0.494 e. The van der Waals surface area contributed by atoms with Crippen molar-refractivity contribution in [2.75, 3.05) is 20.3 Å². The zero-order chi connectivity index (χ0) is 25.4. The van der Waals surface area contributed by atoms with E-state index in [0.29, 0.717) is 17.4 Å². The van der Waals surface area contributed by atoms with Crippen LogP contribution in [0.5, 0.6) is 5.75 Å². The summed E-state index contributed by atoms with van der Waals surface area (Å²) in [5, 5.41) is 15.5. The fraction of sp³-hybridized carbons (Fsp3) is 0.385. The zero-order valence-electron chi connectivity index (χ0n) is 20.5. The van der Waals surface area contributed by atoms with Crippen LogP contribution in [0.2, 0.25) is 0 Å². The van der Waals surface area contributed by atoms with Gasteiger partial charge in [-0.1, -0.05) is 6.07 Å². The van der Waals surface area contributed by atoms with Gasteiger partial charge in [-0.05, 0) is 68.7 Å². The first-order valence-corrected chi connectivity index (χ1v) is 12.4. The van der Waals surface area contributed by atoms with Crippen LogP contribution in [-0.2, 0) is 4.74 Å². The van der Waals surface area contributed by atoms with E-state index in [0.717, 1.165) is 47.8 Å². The molecule has 10 heteroatoms. The second kappa shape index (κ2) is 9.87. The van der Waals surface area contributed by atoms with E-state index >= 15 is 0 Å². The third-order valence-electron chi connectivity index (χ3n) is 7.03. The van der Waals surface area contributed by atoms with Gasteiger partial charge in [0.25, 0.3) is 5.69 Å². The predicted octanol–water partition coefficient (Wildman–Crippen LogP) is 4.56. The van der Waals surface area contributed by atoms with E-state index in [-0.39, 0.29) is 23.9 Å². The van der Waals surface area contributed by atoms with Crippen molar-refractivity contribution in [3.8, 4) is 11.4 Å². The Morgan fingerprint density at radius 2 is 2.11 bits per heavy atom. The van der Waals surface area contributed by atoms with Gasteiger partial charge in [-0.25, -0.2) is 0 Å². The molecule has 0 amide bonds. The van der Waals surface area contributed by atoms with E-state index in [1.165, 1.54) is 19.2 Å². The second-order valence-electron chi connectivity index (χ2n) is 9.19. The molecule has 2 aliphatic heterocycles. The van der Waals surface area contributed by atoms with Crippen LogP contribution in [0.4, 0.5) is 5.69 Å². The fourth-order valence-corrected chi connectivity index (χ4v) is 5.69. The summed E-state index contributed by atoms with van der Waals surface area (Å²) in [5.41, 5.74) is 4.75. The van der Waals surface area contributed by atoms with Gasteiger partial charge in [-0.2, -0.15) is 0 Å². The Kier molecular flexibility index (Phi) is 6.63. The van der Waals surface area contributed by atoms with Crippen LogP contribution in [0.15, 0.2) is 48.7 Å². The SMILES string of the molecule is COc1cc([N+](=O)[O-])ccc1-n1c(C)cc(C2C(c3ccccn3)NC(=S)N2CC2CCCO2)c1C. The molecule has 3 aromatic rings. The summed E-state index contributed by atoms with van der Waals surface area (Å²) in [6.45, 7) is 5.56. The minimum atomic E-state index is -0.418. The molecule has 1 aromatic carbocycles. The van der Waals surface area contributed by atoms with Crippen molar-refractivity contribution in [2.45, 2.75) is 44.9 Å². The van der Waals surface area contributed by atoms with E-state index in [1.54, 1.807) is 12.3 Å². The summed E-state index contributed by atoms with van der Waals surface area (Å²) >= 11 is 5.82. The number of nitrogens with zero attached hydrogens (tertiary/aromatic N) is 4. The van der Waals surface area contributed by atoms with E-state index < -0.39 is 4.92 Å². The molecule has 2 fully saturated rings. The molecule has 3 unspecified atom stereocenters. The van der Waals surface area contributed by atoms with Crippen LogP contribution < -0.4 is 10.1 Å². The first-order chi connectivity index (χ1) is 17.4. The number of benzene rings is 1. The van der Waals surface area contributed by atoms with Crippen molar-refractivity contribution in [2.24, 2.45) is 0 Å². The van der Waals surface area contributed by atoms with Crippen LogP contribution in [0.3, 0.4) is 0 Å². The summed E-state index contributed by atoms with van der Waals surface area (Å²) in [5.74, 6) is 0.440. The highest BCUT2D eigenvalue weighted by molar-refractivity contribution is 7.80. The summed E-state index contributed by atoms with van der Waals surface area (Å²) < 4.78 is 13.6. The van der Waals surface area contributed by atoms with Gasteiger partial charge in [-0.15, -0.1) is 0 Å². The van der Waals surface area contributed by atoms with Gasteiger partial charge in [0.05, 0.1) is 47.7 Å². The molecule has 36 heavy (non-hydrogen) atoms. The number of nitro benzene ring substituents is 1. The molecule has 0 aliphatic carbocycles. The number of methoxy groups -OCH3 is 1. The lowest BCUT2D eigenvalue weighted by molar-refractivity contribution is -0.384. The number of aromatic nitrogens is 2. The molecule has 9 nitrogen and oxygen atoms in total. The molecule has 2 saturated heterocycles. The number of hydrogen-bond donors (Lipinski definition) is 1. The Bertz CT molecular complexity index is 1290. The molecule has 3 atom stereocenters. The summed E-state index contributed by atoms with van der Waals surface area (Å²) in [7, 11) is 1.53. The third kappa shape index (κ3) is 4.31. The van der Waals surface area contributed by atoms with Crippen molar-refractivity contribution in [1.82, 2.24) is 19.8 Å². The molecule has 0 radical (unpaired) electrons. The van der Waals surface area contributed by atoms with Crippen LogP contribution in [0.1, 0.15) is 47.6 Å². The Morgan fingerprint density at radius 3 is 2.78 bits per heavy atom. The van der Waals surface area contributed by atoms with Crippen LogP contribution in [-0.4, -0.2) is 50.9 Å². The monoisotopic (exact) mass is 507 g/mol. The van der Waals surface area contributed by atoms with Crippen molar-refractivity contribution in [1.29, 1.82) is 0 Å². The van der Waals surface area contributed by atoms with Crippen LogP contribution in [0, 0.1) is 24.0 Å². The number of aryl methyl sites for hydroxylation is 1. The number of pyridine rings is 1. The standard InChI is InChI=1S/C26H29N5O4S/c1-16-13-20(17(2)30(16)22-10-9-18(31(32)33)14-23(22)34-3)25-24(21-8-4-5-11-27-21)28-26(36)29(25)15-19-7-6-12-35-19/h4-5,8-11,13-14,19,24-25H,6-7,12,15H2,1-3H3,(H,28,36). The van der Waals surface area contributed by atoms with Crippen LogP contribution in [0.25, 0.3) is 5.69 Å². The topological polar surface area (TPSA) is 94.7 Å². The molecular formula is C26H29N5O4S. The Hall–Kier alpha value is -3.50. The predicted molar refractivity (Wildman–Crippen MR) is 140 cm³/mol. The Morgan fingerprint density at radius 1 is 1.28 bits per heavy atom. The van der Waals surface area contributed by atoms with Gasteiger partial charge in [0.1, 0.15) is 5.75 Å². The van der Waals surface area contributed by atoms with Gasteiger partial charge in [0.2, 0.25) is 0 Å². The van der Waals surface area contributed by atoms with Gasteiger partial charge < -0.3 is 24.3 Å². The molecule has 188 valence electrons. The van der Waals surface area contributed by atoms with Gasteiger partial charge in [0, 0.05) is 36.8 Å². The van der Waals surface area contributed by atoms with Gasteiger partial charge in [-0.3, -0.25) is 15.1 Å². The Labute approximate surface area is 215 Å². The van der Waals surface area contributed by atoms with Gasteiger partial charge >= 0.3 is 0 Å². The smallest absolute Gasteiger partial charge is 0.273 e. The highest BCUT2D eigenvalue weighted by atomic mass is 32.1. The average Bonchev–Trinajstić information content (AvgIpc) is 3.58. The van der Waals surface area contributed by atoms with Crippen molar-refractivity contribution in [3.63, 3.8) is 0 Å². The molecule has 0 spiro atoms. The number of nitro groups is 1. The zero-order valence-corrected chi connectivity index (χ0v) is 21.3. The number of nitrogens with one attached hydrogen (secondary N) is 1. The molecule has 4 heterocycles. The van der Waals surface area contributed by atoms with Crippen LogP contribution >= 0.6 is 12.2 Å². The highest BCUT2D eigenvalue weighted by Crippen LogP contribution is 2.42. The number of non-ortho nitro benzene ring substituents is 1.